The van der Waals surface area contributed by atoms with E-state index < -0.39 is 34.3 Å². The molecule has 1 N–H and O–H groups in total. The van der Waals surface area contributed by atoms with E-state index in [1.165, 1.54) is 36.3 Å². The van der Waals surface area contributed by atoms with Gasteiger partial charge in [0.05, 0.1) is 22.7 Å². The lowest BCUT2D eigenvalue weighted by Crippen LogP contribution is -2.54. The fourth-order valence-corrected chi connectivity index (χ4v) is 7.38. The third-order valence-corrected chi connectivity index (χ3v) is 10.3. The highest BCUT2D eigenvalue weighted by molar-refractivity contribution is 7.92. The number of anilines is 1. The highest BCUT2D eigenvalue weighted by Gasteiger charge is 2.35. The Kier molecular flexibility index (Phi) is 11.2. The van der Waals surface area contributed by atoms with Gasteiger partial charge in [-0.2, -0.15) is 0 Å². The third kappa shape index (κ3) is 8.50. The first-order valence-corrected chi connectivity index (χ1v) is 17.3. The van der Waals surface area contributed by atoms with Crippen LogP contribution in [0.2, 0.25) is 5.02 Å². The minimum atomic E-state index is -4.34. The maximum atomic E-state index is 14.6. The molecule has 2 amide bonds. The van der Waals surface area contributed by atoms with Gasteiger partial charge in [-0.15, -0.1) is 0 Å². The van der Waals surface area contributed by atoms with Crippen molar-refractivity contribution in [3.8, 4) is 5.75 Å². The highest BCUT2D eigenvalue weighted by Crippen LogP contribution is 2.29. The molecule has 1 atom stereocenters. The molecule has 4 aromatic rings. The molecule has 1 fully saturated rings. The number of ether oxygens (including phenoxy) is 1. The van der Waals surface area contributed by atoms with Crippen molar-refractivity contribution < 1.29 is 27.1 Å². The molecule has 0 spiro atoms. The van der Waals surface area contributed by atoms with Crippen LogP contribution in [0.3, 0.4) is 0 Å². The van der Waals surface area contributed by atoms with Gasteiger partial charge in [-0.25, -0.2) is 12.8 Å². The Bertz CT molecular complexity index is 1790. The summed E-state index contributed by atoms with van der Waals surface area (Å²) in [5.41, 5.74) is 1.53. The molecule has 4 aromatic carbocycles. The summed E-state index contributed by atoms with van der Waals surface area (Å²) in [6.45, 7) is -0.680. The summed E-state index contributed by atoms with van der Waals surface area (Å²) < 4.78 is 48.7. The van der Waals surface area contributed by atoms with Crippen molar-refractivity contribution in [1.29, 1.82) is 0 Å². The summed E-state index contributed by atoms with van der Waals surface area (Å²) in [5, 5.41) is 2.85. The van der Waals surface area contributed by atoms with Crippen molar-refractivity contribution >= 4 is 39.1 Å². The van der Waals surface area contributed by atoms with Gasteiger partial charge in [-0.3, -0.25) is 13.9 Å². The smallest absolute Gasteiger partial charge is 0.264 e. The standard InChI is InChI=1S/C36H37ClFN3O5S/c1-46-30-16-10-13-27(21-30)24-40(34(22-26-11-4-2-5-12-26)36(43)39-28-14-8-9-15-28)35(42)25-41(29-19-20-33(38)32(37)23-29)47(44,45)31-17-6-3-7-18-31/h2-7,10-13,16-21,23,28,34H,8-9,14-15,22,24-25H2,1H3,(H,39,43). The number of hydrogen-bond donors (Lipinski definition) is 1. The average Bonchev–Trinajstić information content (AvgIpc) is 3.60. The fraction of sp³-hybridized carbons (Fsp3) is 0.278. The van der Waals surface area contributed by atoms with E-state index in [1.54, 1.807) is 36.4 Å². The summed E-state index contributed by atoms with van der Waals surface area (Å²) in [6, 6.07) is 26.7. The first-order valence-electron chi connectivity index (χ1n) is 15.5. The van der Waals surface area contributed by atoms with Crippen molar-refractivity contribution in [2.45, 2.75) is 55.6 Å². The molecule has 0 radical (unpaired) electrons. The predicted octanol–water partition coefficient (Wildman–Crippen LogP) is 6.38. The zero-order valence-electron chi connectivity index (χ0n) is 26.0. The Balaban J connectivity index is 1.58. The number of methoxy groups -OCH3 is 1. The van der Waals surface area contributed by atoms with Gasteiger partial charge < -0.3 is 15.0 Å². The summed E-state index contributed by atoms with van der Waals surface area (Å²) in [5.74, 6) is -1.11. The van der Waals surface area contributed by atoms with Crippen LogP contribution in [0.25, 0.3) is 0 Å². The molecule has 1 aliphatic rings. The van der Waals surface area contributed by atoms with Crippen LogP contribution >= 0.6 is 11.6 Å². The van der Waals surface area contributed by atoms with Crippen molar-refractivity contribution in [3.05, 3.63) is 125 Å². The van der Waals surface area contributed by atoms with E-state index >= 15 is 0 Å². The molecule has 0 aliphatic heterocycles. The Morgan fingerprint density at radius 3 is 2.23 bits per heavy atom. The van der Waals surface area contributed by atoms with E-state index in [0.717, 1.165) is 41.6 Å². The maximum Gasteiger partial charge on any atom is 0.264 e. The summed E-state index contributed by atoms with van der Waals surface area (Å²) >= 11 is 6.10. The number of benzene rings is 4. The zero-order valence-corrected chi connectivity index (χ0v) is 27.6. The van der Waals surface area contributed by atoms with Crippen molar-refractivity contribution in [1.82, 2.24) is 10.2 Å². The molecule has 5 rings (SSSR count). The first kappa shape index (κ1) is 33.9. The molecule has 0 bridgehead atoms. The van der Waals surface area contributed by atoms with E-state index in [4.69, 9.17) is 16.3 Å². The number of hydrogen-bond acceptors (Lipinski definition) is 5. The van der Waals surface area contributed by atoms with Crippen LogP contribution in [-0.2, 0) is 32.6 Å². The van der Waals surface area contributed by atoms with Crippen LogP contribution in [0.4, 0.5) is 10.1 Å². The number of carbonyl (C=O) groups excluding carboxylic acids is 2. The summed E-state index contributed by atoms with van der Waals surface area (Å²) in [6.07, 6.45) is 3.91. The molecule has 0 aromatic heterocycles. The minimum Gasteiger partial charge on any atom is -0.497 e. The Labute approximate surface area is 280 Å². The number of sulfonamides is 1. The van der Waals surface area contributed by atoms with Gasteiger partial charge in [0.2, 0.25) is 11.8 Å². The van der Waals surface area contributed by atoms with Crippen LogP contribution in [-0.4, -0.2) is 50.9 Å². The average molecular weight is 678 g/mol. The quantitative estimate of drug-likeness (QED) is 0.177. The second kappa shape index (κ2) is 15.5. The number of carbonyl (C=O) groups is 2. The molecule has 1 aliphatic carbocycles. The van der Waals surface area contributed by atoms with E-state index in [1.807, 2.05) is 36.4 Å². The molecule has 0 saturated heterocycles. The summed E-state index contributed by atoms with van der Waals surface area (Å²) in [7, 11) is -2.80. The molecule has 246 valence electrons. The molecule has 47 heavy (non-hydrogen) atoms. The minimum absolute atomic E-state index is 0.00458. The van der Waals surface area contributed by atoms with Crippen molar-refractivity contribution in [2.75, 3.05) is 18.0 Å². The van der Waals surface area contributed by atoms with Crippen molar-refractivity contribution in [3.63, 3.8) is 0 Å². The van der Waals surface area contributed by atoms with E-state index in [2.05, 4.69) is 5.32 Å². The first-order chi connectivity index (χ1) is 22.7. The van der Waals surface area contributed by atoms with Crippen molar-refractivity contribution in [2.24, 2.45) is 0 Å². The number of nitrogens with one attached hydrogen (secondary N) is 1. The van der Waals surface area contributed by atoms with Gasteiger partial charge in [0, 0.05) is 19.0 Å². The molecule has 11 heteroatoms. The van der Waals surface area contributed by atoms with Gasteiger partial charge in [-0.05, 0) is 66.4 Å². The Hall–Kier alpha value is -4.41. The van der Waals surface area contributed by atoms with Crippen LogP contribution in [0, 0.1) is 5.82 Å². The molecule has 8 nitrogen and oxygen atoms in total. The van der Waals surface area contributed by atoms with Gasteiger partial charge >= 0.3 is 0 Å². The van der Waals surface area contributed by atoms with Gasteiger partial charge in [0.1, 0.15) is 24.2 Å². The predicted molar refractivity (Wildman–Crippen MR) is 180 cm³/mol. The van der Waals surface area contributed by atoms with Crippen LogP contribution < -0.4 is 14.4 Å². The summed E-state index contributed by atoms with van der Waals surface area (Å²) in [4.78, 5) is 30.0. The SMILES string of the molecule is COc1cccc(CN(C(=O)CN(c2ccc(F)c(Cl)c2)S(=O)(=O)c2ccccc2)C(Cc2ccccc2)C(=O)NC2CCCC2)c1. The normalized spacial score (nSPS) is 13.9. The number of nitrogens with zero attached hydrogens (tertiary/aromatic N) is 2. The second-order valence-corrected chi connectivity index (χ2v) is 13.8. The third-order valence-electron chi connectivity index (χ3n) is 8.26. The van der Waals surface area contributed by atoms with E-state index in [0.29, 0.717) is 11.3 Å². The molecular weight excluding hydrogens is 641 g/mol. The Morgan fingerprint density at radius 2 is 1.57 bits per heavy atom. The zero-order chi connectivity index (χ0) is 33.4. The van der Waals surface area contributed by atoms with Gasteiger partial charge in [0.15, 0.2) is 0 Å². The largest absolute Gasteiger partial charge is 0.497 e. The lowest BCUT2D eigenvalue weighted by Gasteiger charge is -2.34. The van der Waals surface area contributed by atoms with Crippen LogP contribution in [0.1, 0.15) is 36.8 Å². The van der Waals surface area contributed by atoms with E-state index in [-0.39, 0.29) is 40.5 Å². The number of rotatable bonds is 13. The lowest BCUT2D eigenvalue weighted by atomic mass is 10.0. The molecule has 1 unspecified atom stereocenters. The molecule has 1 saturated carbocycles. The Morgan fingerprint density at radius 1 is 0.915 bits per heavy atom. The number of halogens is 2. The monoisotopic (exact) mass is 677 g/mol. The lowest BCUT2D eigenvalue weighted by molar-refractivity contribution is -0.140. The fourth-order valence-electron chi connectivity index (χ4n) is 5.78. The van der Waals surface area contributed by atoms with E-state index in [9.17, 15) is 22.4 Å². The maximum absolute atomic E-state index is 14.6. The molecule has 0 heterocycles. The van der Waals surface area contributed by atoms with Crippen LogP contribution in [0.15, 0.2) is 108 Å². The molecular formula is C36H37ClFN3O5S. The van der Waals surface area contributed by atoms with Gasteiger partial charge in [-0.1, -0.05) is 85.1 Å². The van der Waals surface area contributed by atoms with Gasteiger partial charge in [0.25, 0.3) is 10.0 Å². The highest BCUT2D eigenvalue weighted by atomic mass is 35.5. The second-order valence-electron chi connectivity index (χ2n) is 11.5. The topological polar surface area (TPSA) is 96.0 Å². The van der Waals surface area contributed by atoms with Crippen LogP contribution in [0.5, 0.6) is 5.75 Å². The number of amides is 2.